The third-order valence-electron chi connectivity index (χ3n) is 3.16. The second kappa shape index (κ2) is 5.60. The first kappa shape index (κ1) is 11.8. The maximum atomic E-state index is 12.1. The highest BCUT2D eigenvalue weighted by molar-refractivity contribution is 7.84. The summed E-state index contributed by atoms with van der Waals surface area (Å²) in [5.41, 5.74) is 1.10. The average molecular weight is 238 g/mol. The van der Waals surface area contributed by atoms with Crippen LogP contribution in [0.1, 0.15) is 31.2 Å². The van der Waals surface area contributed by atoms with Crippen LogP contribution in [0.15, 0.2) is 30.3 Å². The molecule has 0 aromatic heterocycles. The van der Waals surface area contributed by atoms with Gasteiger partial charge in [-0.05, 0) is 18.4 Å². The molecule has 1 N–H and O–H groups in total. The minimum atomic E-state index is -0.938. The summed E-state index contributed by atoms with van der Waals surface area (Å²) >= 11 is 0. The van der Waals surface area contributed by atoms with Gasteiger partial charge in [-0.15, -0.1) is 0 Å². The number of rotatable bonds is 3. The Morgan fingerprint density at radius 3 is 2.56 bits per heavy atom. The molecule has 1 fully saturated rings. The second-order valence-electron chi connectivity index (χ2n) is 4.40. The lowest BCUT2D eigenvalue weighted by atomic mass is 9.97. The number of aliphatic hydroxyl groups is 1. The van der Waals surface area contributed by atoms with E-state index >= 15 is 0 Å². The molecule has 16 heavy (non-hydrogen) atoms. The van der Waals surface area contributed by atoms with E-state index in [0.717, 1.165) is 31.2 Å². The topological polar surface area (TPSA) is 37.3 Å². The van der Waals surface area contributed by atoms with E-state index < -0.39 is 10.8 Å². The van der Waals surface area contributed by atoms with Gasteiger partial charge >= 0.3 is 0 Å². The fourth-order valence-electron chi connectivity index (χ4n) is 2.23. The molecule has 1 aromatic rings. The zero-order valence-corrected chi connectivity index (χ0v) is 10.2. The average Bonchev–Trinajstić information content (AvgIpc) is 2.31. The minimum absolute atomic E-state index is 0.0195. The van der Waals surface area contributed by atoms with Crippen molar-refractivity contribution < 1.29 is 9.32 Å². The molecular weight excluding hydrogens is 220 g/mol. The van der Waals surface area contributed by atoms with Crippen LogP contribution in [0.5, 0.6) is 0 Å². The lowest BCUT2D eigenvalue weighted by molar-refractivity contribution is 0.135. The number of hydrogen-bond donors (Lipinski definition) is 1. The third-order valence-corrected chi connectivity index (χ3v) is 5.00. The molecule has 2 nitrogen and oxygen atoms in total. The fourth-order valence-corrected chi connectivity index (χ4v) is 3.88. The SMILES string of the molecule is O=S(Cc1ccccc1)[C@@H]1CCCC[C@H]1O. The zero-order chi connectivity index (χ0) is 11.4. The van der Waals surface area contributed by atoms with Crippen LogP contribution in [0.25, 0.3) is 0 Å². The molecule has 0 saturated heterocycles. The van der Waals surface area contributed by atoms with Gasteiger partial charge in [-0.1, -0.05) is 43.2 Å². The van der Waals surface area contributed by atoms with Gasteiger partial charge < -0.3 is 5.11 Å². The Bertz CT molecular complexity index is 350. The van der Waals surface area contributed by atoms with Crippen molar-refractivity contribution >= 4 is 10.8 Å². The molecule has 3 heteroatoms. The Morgan fingerprint density at radius 1 is 1.19 bits per heavy atom. The van der Waals surface area contributed by atoms with Crippen molar-refractivity contribution in [1.29, 1.82) is 0 Å². The molecule has 88 valence electrons. The van der Waals surface area contributed by atoms with E-state index in [1.807, 2.05) is 30.3 Å². The Balaban J connectivity index is 1.97. The first-order valence-electron chi connectivity index (χ1n) is 5.86. The molecule has 0 bridgehead atoms. The molecule has 1 aliphatic rings. The van der Waals surface area contributed by atoms with E-state index in [1.165, 1.54) is 0 Å². The van der Waals surface area contributed by atoms with Gasteiger partial charge in [-0.2, -0.15) is 0 Å². The Labute approximate surface area is 99.1 Å². The van der Waals surface area contributed by atoms with Gasteiger partial charge in [0.15, 0.2) is 0 Å². The van der Waals surface area contributed by atoms with E-state index in [0.29, 0.717) is 5.75 Å². The lowest BCUT2D eigenvalue weighted by Crippen LogP contribution is -2.34. The molecule has 0 radical (unpaired) electrons. The molecule has 0 aliphatic heterocycles. The van der Waals surface area contributed by atoms with Gasteiger partial charge in [-0.25, -0.2) is 0 Å². The summed E-state index contributed by atoms with van der Waals surface area (Å²) in [7, 11) is -0.938. The smallest absolute Gasteiger partial charge is 0.0683 e. The molecule has 1 aliphatic carbocycles. The van der Waals surface area contributed by atoms with E-state index in [4.69, 9.17) is 0 Å². The van der Waals surface area contributed by atoms with Crippen LogP contribution < -0.4 is 0 Å². The molecule has 0 spiro atoms. The fraction of sp³-hybridized carbons (Fsp3) is 0.538. The van der Waals surface area contributed by atoms with Crippen LogP contribution in [0.3, 0.4) is 0 Å². The van der Waals surface area contributed by atoms with Crippen molar-refractivity contribution in [1.82, 2.24) is 0 Å². The molecule has 0 heterocycles. The molecule has 3 atom stereocenters. The first-order chi connectivity index (χ1) is 7.77. The summed E-state index contributed by atoms with van der Waals surface area (Å²) in [6.07, 6.45) is 3.52. The van der Waals surface area contributed by atoms with Crippen molar-refractivity contribution in [3.63, 3.8) is 0 Å². The van der Waals surface area contributed by atoms with Crippen molar-refractivity contribution in [2.75, 3.05) is 0 Å². The number of aliphatic hydroxyl groups excluding tert-OH is 1. The highest BCUT2D eigenvalue weighted by atomic mass is 32.2. The molecule has 0 amide bonds. The monoisotopic (exact) mass is 238 g/mol. The van der Waals surface area contributed by atoms with Crippen LogP contribution in [0.4, 0.5) is 0 Å². The van der Waals surface area contributed by atoms with Gasteiger partial charge in [0.2, 0.25) is 0 Å². The summed E-state index contributed by atoms with van der Waals surface area (Å²) in [6, 6.07) is 9.87. The van der Waals surface area contributed by atoms with Crippen LogP contribution in [0, 0.1) is 0 Å². The van der Waals surface area contributed by atoms with Crippen LogP contribution >= 0.6 is 0 Å². The minimum Gasteiger partial charge on any atom is -0.392 e. The summed E-state index contributed by atoms with van der Waals surface area (Å²) in [4.78, 5) is 0. The number of hydrogen-bond acceptors (Lipinski definition) is 2. The normalized spacial score (nSPS) is 27.6. The highest BCUT2D eigenvalue weighted by Crippen LogP contribution is 2.24. The molecule has 1 unspecified atom stereocenters. The van der Waals surface area contributed by atoms with Crippen molar-refractivity contribution in [2.24, 2.45) is 0 Å². The van der Waals surface area contributed by atoms with Gasteiger partial charge in [0.1, 0.15) is 0 Å². The Kier molecular flexibility index (Phi) is 4.13. The van der Waals surface area contributed by atoms with Crippen LogP contribution in [0.2, 0.25) is 0 Å². The quantitative estimate of drug-likeness (QED) is 0.877. The maximum Gasteiger partial charge on any atom is 0.0683 e. The molecule has 2 rings (SSSR count). The number of benzene rings is 1. The van der Waals surface area contributed by atoms with Crippen molar-refractivity contribution in [3.05, 3.63) is 35.9 Å². The van der Waals surface area contributed by atoms with Crippen LogP contribution in [-0.2, 0) is 16.6 Å². The summed E-state index contributed by atoms with van der Waals surface area (Å²) in [5, 5.41) is 9.80. The summed E-state index contributed by atoms with van der Waals surface area (Å²) < 4.78 is 12.1. The largest absolute Gasteiger partial charge is 0.392 e. The van der Waals surface area contributed by atoms with Gasteiger partial charge in [0, 0.05) is 16.6 Å². The van der Waals surface area contributed by atoms with Gasteiger partial charge in [-0.3, -0.25) is 4.21 Å². The van der Waals surface area contributed by atoms with Gasteiger partial charge in [0.05, 0.1) is 11.4 Å². The summed E-state index contributed by atoms with van der Waals surface area (Å²) in [6.45, 7) is 0. The van der Waals surface area contributed by atoms with Crippen LogP contribution in [-0.4, -0.2) is 20.7 Å². The standard InChI is InChI=1S/C13H18O2S/c14-12-8-4-5-9-13(12)16(15)10-11-6-2-1-3-7-11/h1-3,6-7,12-14H,4-5,8-10H2/t12-,13-,16?/m1/s1. The zero-order valence-electron chi connectivity index (χ0n) is 9.34. The highest BCUT2D eigenvalue weighted by Gasteiger charge is 2.27. The Hall–Kier alpha value is -0.670. The molecular formula is C13H18O2S. The lowest BCUT2D eigenvalue weighted by Gasteiger charge is -2.26. The van der Waals surface area contributed by atoms with E-state index in [9.17, 15) is 9.32 Å². The van der Waals surface area contributed by atoms with Gasteiger partial charge in [0.25, 0.3) is 0 Å². The first-order valence-corrected chi connectivity index (χ1v) is 7.25. The summed E-state index contributed by atoms with van der Waals surface area (Å²) in [5.74, 6) is 0.572. The molecule has 1 aromatic carbocycles. The maximum absolute atomic E-state index is 12.1. The van der Waals surface area contributed by atoms with Crippen molar-refractivity contribution in [2.45, 2.75) is 42.8 Å². The molecule has 1 saturated carbocycles. The van der Waals surface area contributed by atoms with E-state index in [-0.39, 0.29) is 11.4 Å². The second-order valence-corrected chi connectivity index (χ2v) is 6.06. The van der Waals surface area contributed by atoms with Crippen molar-refractivity contribution in [3.8, 4) is 0 Å². The predicted octanol–water partition coefficient (Wildman–Crippen LogP) is 2.24. The Morgan fingerprint density at radius 2 is 1.88 bits per heavy atom. The van der Waals surface area contributed by atoms with E-state index in [2.05, 4.69) is 0 Å². The third kappa shape index (κ3) is 2.92. The van der Waals surface area contributed by atoms with E-state index in [1.54, 1.807) is 0 Å². The predicted molar refractivity (Wildman–Crippen MR) is 66.6 cm³/mol.